The van der Waals surface area contributed by atoms with Crippen LogP contribution in [0.4, 0.5) is 8.78 Å². The van der Waals surface area contributed by atoms with Gasteiger partial charge in [-0.15, -0.1) is 0 Å². The Hall–Kier alpha value is -0.340. The van der Waals surface area contributed by atoms with Crippen LogP contribution in [0, 0.1) is 5.82 Å². The summed E-state index contributed by atoms with van der Waals surface area (Å²) in [5.74, 6) is -0.737. The molecule has 60 valence electrons. The fourth-order valence-corrected chi connectivity index (χ4v) is 1.24. The molecule has 0 aliphatic carbocycles. The minimum absolute atomic E-state index is 0.109. The molecular weight excluding hydrogens is 193 g/mol. The molecule has 11 heavy (non-hydrogen) atoms. The molecule has 0 spiro atoms. The van der Waals surface area contributed by atoms with Crippen LogP contribution in [0.1, 0.15) is 5.56 Å². The molecule has 0 bridgehead atoms. The van der Waals surface area contributed by atoms with Gasteiger partial charge in [-0.25, -0.2) is 8.78 Å². The van der Waals surface area contributed by atoms with Gasteiger partial charge in [-0.2, -0.15) is 0 Å². The lowest BCUT2D eigenvalue weighted by atomic mass is 10.2. The van der Waals surface area contributed by atoms with E-state index in [2.05, 4.69) is 0 Å². The highest BCUT2D eigenvalue weighted by Gasteiger charge is 2.07. The van der Waals surface area contributed by atoms with Gasteiger partial charge in [0.25, 0.3) is 0 Å². The van der Waals surface area contributed by atoms with E-state index in [0.29, 0.717) is 0 Å². The van der Waals surface area contributed by atoms with Crippen LogP contribution in [0.2, 0.25) is 10.0 Å². The molecule has 0 atom stereocenters. The summed E-state index contributed by atoms with van der Waals surface area (Å²) in [6.07, 6.45) is 0. The molecule has 1 aromatic rings. The molecule has 0 radical (unpaired) electrons. The second-order valence-corrected chi connectivity index (χ2v) is 2.84. The van der Waals surface area contributed by atoms with Gasteiger partial charge in [-0.1, -0.05) is 23.2 Å². The van der Waals surface area contributed by atoms with Crippen LogP contribution < -0.4 is 0 Å². The van der Waals surface area contributed by atoms with Crippen LogP contribution in [0.3, 0.4) is 0 Å². The van der Waals surface area contributed by atoms with Crippen molar-refractivity contribution in [2.75, 3.05) is 0 Å². The van der Waals surface area contributed by atoms with E-state index in [4.69, 9.17) is 23.2 Å². The van der Waals surface area contributed by atoms with Crippen molar-refractivity contribution >= 4 is 23.2 Å². The third kappa shape index (κ3) is 1.82. The Bertz CT molecular complexity index is 273. The number of rotatable bonds is 1. The van der Waals surface area contributed by atoms with E-state index in [1.165, 1.54) is 12.1 Å². The summed E-state index contributed by atoms with van der Waals surface area (Å²) in [7, 11) is 0. The van der Waals surface area contributed by atoms with Crippen LogP contribution in [-0.4, -0.2) is 0 Å². The highest BCUT2D eigenvalue weighted by molar-refractivity contribution is 6.34. The van der Waals surface area contributed by atoms with Gasteiger partial charge in [0.05, 0.1) is 5.02 Å². The molecule has 1 rings (SSSR count). The van der Waals surface area contributed by atoms with Crippen LogP contribution >= 0.6 is 23.2 Å². The predicted octanol–water partition coefficient (Wildman–Crippen LogP) is 3.60. The van der Waals surface area contributed by atoms with Crippen LogP contribution in [-0.2, 0) is 6.67 Å². The summed E-state index contributed by atoms with van der Waals surface area (Å²) in [4.78, 5) is 0. The maximum absolute atomic E-state index is 12.8. The molecule has 0 aromatic heterocycles. The fraction of sp³-hybridized carbons (Fsp3) is 0.143. The Labute approximate surface area is 72.7 Å². The summed E-state index contributed by atoms with van der Waals surface area (Å²) in [6.45, 7) is -0.897. The van der Waals surface area contributed by atoms with Crippen LogP contribution in [0.5, 0.6) is 0 Å². The minimum Gasteiger partial charge on any atom is -0.246 e. The molecule has 1 aromatic carbocycles. The Morgan fingerprint density at radius 3 is 2.45 bits per heavy atom. The molecule has 4 heteroatoms. The Morgan fingerprint density at radius 2 is 1.91 bits per heavy atom. The summed E-state index contributed by atoms with van der Waals surface area (Å²) in [6, 6.07) is 2.44. The molecule has 0 unspecified atom stereocenters. The van der Waals surface area contributed by atoms with Gasteiger partial charge in [-0.05, 0) is 12.1 Å². The summed E-state index contributed by atoms with van der Waals surface area (Å²) in [5, 5.41) is 0.0919. The summed E-state index contributed by atoms with van der Waals surface area (Å²) in [5.41, 5.74) is -0.109. The first-order valence-corrected chi connectivity index (χ1v) is 3.60. The minimum atomic E-state index is -0.897. The normalized spacial score (nSPS) is 10.2. The van der Waals surface area contributed by atoms with E-state index in [-0.39, 0.29) is 15.6 Å². The zero-order valence-electron chi connectivity index (χ0n) is 5.37. The second kappa shape index (κ2) is 3.37. The van der Waals surface area contributed by atoms with Crippen molar-refractivity contribution in [2.24, 2.45) is 0 Å². The maximum atomic E-state index is 12.8. The smallest absolute Gasteiger partial charge is 0.147 e. The van der Waals surface area contributed by atoms with Crippen molar-refractivity contribution in [1.29, 1.82) is 0 Å². The highest BCUT2D eigenvalue weighted by atomic mass is 35.5. The van der Waals surface area contributed by atoms with Crippen molar-refractivity contribution in [3.05, 3.63) is 33.6 Å². The van der Waals surface area contributed by atoms with Gasteiger partial charge in [0.2, 0.25) is 0 Å². The zero-order valence-corrected chi connectivity index (χ0v) is 6.89. The Balaban J connectivity index is 3.24. The number of benzene rings is 1. The SMILES string of the molecule is FCc1cc(Cl)cc(Cl)c1F. The molecule has 0 nitrogen and oxygen atoms in total. The van der Waals surface area contributed by atoms with E-state index in [0.717, 1.165) is 0 Å². The van der Waals surface area contributed by atoms with E-state index >= 15 is 0 Å². The van der Waals surface area contributed by atoms with E-state index < -0.39 is 12.5 Å². The predicted molar refractivity (Wildman–Crippen MR) is 41.2 cm³/mol. The van der Waals surface area contributed by atoms with Gasteiger partial charge in [-0.3, -0.25) is 0 Å². The lowest BCUT2D eigenvalue weighted by Crippen LogP contribution is -1.87. The van der Waals surface area contributed by atoms with Crippen molar-refractivity contribution in [1.82, 2.24) is 0 Å². The van der Waals surface area contributed by atoms with Crippen molar-refractivity contribution in [2.45, 2.75) is 6.67 Å². The van der Waals surface area contributed by atoms with Crippen LogP contribution in [0.25, 0.3) is 0 Å². The first-order chi connectivity index (χ1) is 5.15. The molecule has 0 aliphatic heterocycles. The lowest BCUT2D eigenvalue weighted by Gasteiger charge is -2.00. The summed E-state index contributed by atoms with van der Waals surface area (Å²) >= 11 is 10.9. The third-order valence-electron chi connectivity index (χ3n) is 1.21. The number of hydrogen-bond donors (Lipinski definition) is 0. The topological polar surface area (TPSA) is 0 Å². The van der Waals surface area contributed by atoms with E-state index in [1.807, 2.05) is 0 Å². The van der Waals surface area contributed by atoms with Gasteiger partial charge in [0, 0.05) is 10.6 Å². The largest absolute Gasteiger partial charge is 0.246 e. The molecule has 0 aliphatic rings. The summed E-state index contributed by atoms with van der Waals surface area (Å²) < 4.78 is 24.7. The van der Waals surface area contributed by atoms with Gasteiger partial charge in [0.15, 0.2) is 0 Å². The molecule has 0 saturated carbocycles. The maximum Gasteiger partial charge on any atom is 0.147 e. The van der Waals surface area contributed by atoms with E-state index in [1.54, 1.807) is 0 Å². The van der Waals surface area contributed by atoms with Crippen molar-refractivity contribution in [3.63, 3.8) is 0 Å². The Kier molecular flexibility index (Phi) is 2.68. The average Bonchev–Trinajstić information content (AvgIpc) is 1.96. The molecule has 0 N–H and O–H groups in total. The van der Waals surface area contributed by atoms with Gasteiger partial charge < -0.3 is 0 Å². The van der Waals surface area contributed by atoms with Crippen molar-refractivity contribution in [3.8, 4) is 0 Å². The average molecular weight is 197 g/mol. The molecule has 0 amide bonds. The fourth-order valence-electron chi connectivity index (χ4n) is 0.707. The Morgan fingerprint density at radius 1 is 1.27 bits per heavy atom. The second-order valence-electron chi connectivity index (χ2n) is 1.99. The zero-order chi connectivity index (χ0) is 8.43. The number of alkyl halides is 1. The number of hydrogen-bond acceptors (Lipinski definition) is 0. The van der Waals surface area contributed by atoms with Crippen LogP contribution in [0.15, 0.2) is 12.1 Å². The molecule has 0 fully saturated rings. The van der Waals surface area contributed by atoms with E-state index in [9.17, 15) is 8.78 Å². The van der Waals surface area contributed by atoms with Gasteiger partial charge in [0.1, 0.15) is 12.5 Å². The lowest BCUT2D eigenvalue weighted by molar-refractivity contribution is 0.464. The quantitative estimate of drug-likeness (QED) is 0.603. The number of halogens is 4. The first-order valence-electron chi connectivity index (χ1n) is 2.84. The van der Waals surface area contributed by atoms with Gasteiger partial charge >= 0.3 is 0 Å². The molecule has 0 saturated heterocycles. The van der Waals surface area contributed by atoms with Crippen molar-refractivity contribution < 1.29 is 8.78 Å². The third-order valence-corrected chi connectivity index (χ3v) is 1.71. The molecule has 0 heterocycles. The first kappa shape index (κ1) is 8.75. The monoisotopic (exact) mass is 196 g/mol. The molecular formula is C7H4Cl2F2. The standard InChI is InChI=1S/C7H4Cl2F2/c8-5-1-4(3-10)7(11)6(9)2-5/h1-2H,3H2. The highest BCUT2D eigenvalue weighted by Crippen LogP contribution is 2.24.